The Balaban J connectivity index is 3.06. The van der Waals surface area contributed by atoms with Crippen LogP contribution in [0.25, 0.3) is 0 Å². The van der Waals surface area contributed by atoms with E-state index in [2.05, 4.69) is 19.9 Å². The van der Waals surface area contributed by atoms with Gasteiger partial charge in [0, 0.05) is 5.41 Å². The fourth-order valence-corrected chi connectivity index (χ4v) is 1.14. The van der Waals surface area contributed by atoms with Crippen LogP contribution in [-0.4, -0.2) is 6.29 Å². The summed E-state index contributed by atoms with van der Waals surface area (Å²) in [6, 6.07) is 0. The van der Waals surface area contributed by atoms with Gasteiger partial charge in [-0.15, -0.1) is 0 Å². The molecule has 1 heteroatoms. The van der Waals surface area contributed by atoms with Crippen LogP contribution >= 0.6 is 0 Å². The molecule has 60 valence electrons. The molecule has 1 atom stereocenters. The molecule has 0 heterocycles. The van der Waals surface area contributed by atoms with Crippen LogP contribution < -0.4 is 0 Å². The summed E-state index contributed by atoms with van der Waals surface area (Å²) in [6.45, 7) is 6.10. The third kappa shape index (κ3) is 1.15. The molecule has 0 aromatic rings. The van der Waals surface area contributed by atoms with E-state index in [-0.39, 0.29) is 10.8 Å². The molecule has 0 saturated carbocycles. The summed E-state index contributed by atoms with van der Waals surface area (Å²) in [5, 5.41) is 0. The van der Waals surface area contributed by atoms with Crippen molar-refractivity contribution in [1.29, 1.82) is 0 Å². The summed E-state index contributed by atoms with van der Waals surface area (Å²) in [5.74, 6) is 0. The third-order valence-corrected chi connectivity index (χ3v) is 2.70. The number of aldehydes is 1. The highest BCUT2D eigenvalue weighted by Crippen LogP contribution is 2.41. The van der Waals surface area contributed by atoms with Crippen molar-refractivity contribution in [3.05, 3.63) is 24.3 Å². The molecule has 1 unspecified atom stereocenters. The van der Waals surface area contributed by atoms with Crippen LogP contribution in [-0.2, 0) is 4.79 Å². The molecule has 0 radical (unpaired) electrons. The first-order valence-corrected chi connectivity index (χ1v) is 3.85. The molecule has 0 aromatic heterocycles. The Morgan fingerprint density at radius 1 is 1.09 bits per heavy atom. The normalized spacial score (nSPS) is 33.7. The smallest absolute Gasteiger partial charge is 0.130 e. The molecule has 0 aliphatic heterocycles. The van der Waals surface area contributed by atoms with Gasteiger partial charge in [0.2, 0.25) is 0 Å². The molecule has 11 heavy (non-hydrogen) atoms. The van der Waals surface area contributed by atoms with Gasteiger partial charge in [0.1, 0.15) is 6.29 Å². The zero-order chi connectivity index (χ0) is 8.54. The van der Waals surface area contributed by atoms with Gasteiger partial charge in [-0.3, -0.25) is 0 Å². The van der Waals surface area contributed by atoms with Crippen LogP contribution in [0.1, 0.15) is 20.8 Å². The Bertz CT molecular complexity index is 223. The molecule has 1 rings (SSSR count). The lowest BCUT2D eigenvalue weighted by molar-refractivity contribution is -0.116. The Labute approximate surface area is 67.8 Å². The van der Waals surface area contributed by atoms with Crippen molar-refractivity contribution in [1.82, 2.24) is 0 Å². The minimum Gasteiger partial charge on any atom is -0.302 e. The predicted octanol–water partition coefficient (Wildman–Crippen LogP) is 2.34. The van der Waals surface area contributed by atoms with Crippen molar-refractivity contribution >= 4 is 6.29 Å². The average Bonchev–Trinajstić information content (AvgIpc) is 1.95. The summed E-state index contributed by atoms with van der Waals surface area (Å²) >= 11 is 0. The highest BCUT2D eigenvalue weighted by Gasteiger charge is 2.37. The summed E-state index contributed by atoms with van der Waals surface area (Å²) in [7, 11) is 0. The van der Waals surface area contributed by atoms with Gasteiger partial charge in [-0.2, -0.15) is 0 Å². The second-order valence-electron chi connectivity index (χ2n) is 3.84. The number of rotatable bonds is 1. The number of carbonyl (C=O) groups is 1. The maximum atomic E-state index is 10.8. The second-order valence-corrected chi connectivity index (χ2v) is 3.84. The molecule has 0 amide bonds. The van der Waals surface area contributed by atoms with Gasteiger partial charge >= 0.3 is 0 Å². The standard InChI is InChI=1S/C10H14O/c1-9(2)6-4-5-7-10(9,3)8-11/h4-8H,1-3H3. The SMILES string of the molecule is CC1(C)C=CC=CC1(C)C=O. The zero-order valence-corrected chi connectivity index (χ0v) is 7.29. The third-order valence-electron chi connectivity index (χ3n) is 2.70. The molecule has 1 nitrogen and oxygen atoms in total. The largest absolute Gasteiger partial charge is 0.302 e. The molecular formula is C10H14O. The molecule has 1 aliphatic rings. The number of hydrogen-bond acceptors (Lipinski definition) is 1. The van der Waals surface area contributed by atoms with Gasteiger partial charge < -0.3 is 4.79 Å². The molecule has 0 N–H and O–H groups in total. The van der Waals surface area contributed by atoms with E-state index in [0.717, 1.165) is 6.29 Å². The van der Waals surface area contributed by atoms with Crippen LogP contribution in [0.4, 0.5) is 0 Å². The van der Waals surface area contributed by atoms with Crippen molar-refractivity contribution < 1.29 is 4.79 Å². The van der Waals surface area contributed by atoms with Crippen LogP contribution in [0.2, 0.25) is 0 Å². The Morgan fingerprint density at radius 3 is 2.00 bits per heavy atom. The molecular weight excluding hydrogens is 136 g/mol. The van der Waals surface area contributed by atoms with Gasteiger partial charge in [0.05, 0.1) is 0 Å². The van der Waals surface area contributed by atoms with Gasteiger partial charge in [0.15, 0.2) is 0 Å². The van der Waals surface area contributed by atoms with Gasteiger partial charge in [-0.1, -0.05) is 38.2 Å². The van der Waals surface area contributed by atoms with E-state index >= 15 is 0 Å². The topological polar surface area (TPSA) is 17.1 Å². The quantitative estimate of drug-likeness (QED) is 0.524. The average molecular weight is 150 g/mol. The fourth-order valence-electron chi connectivity index (χ4n) is 1.14. The van der Waals surface area contributed by atoms with Gasteiger partial charge in [-0.05, 0) is 12.3 Å². The lowest BCUT2D eigenvalue weighted by Crippen LogP contribution is -2.34. The molecule has 0 bridgehead atoms. The highest BCUT2D eigenvalue weighted by molar-refractivity contribution is 5.65. The van der Waals surface area contributed by atoms with E-state index in [0.29, 0.717) is 0 Å². The first-order chi connectivity index (χ1) is 5.02. The number of carbonyl (C=O) groups excluding carboxylic acids is 1. The molecule has 0 fully saturated rings. The zero-order valence-electron chi connectivity index (χ0n) is 7.29. The first-order valence-electron chi connectivity index (χ1n) is 3.85. The monoisotopic (exact) mass is 150 g/mol. The predicted molar refractivity (Wildman–Crippen MR) is 46.2 cm³/mol. The van der Waals surface area contributed by atoms with Crippen molar-refractivity contribution in [2.24, 2.45) is 10.8 Å². The van der Waals surface area contributed by atoms with E-state index in [9.17, 15) is 4.79 Å². The van der Waals surface area contributed by atoms with Gasteiger partial charge in [0.25, 0.3) is 0 Å². The summed E-state index contributed by atoms with van der Waals surface area (Å²) < 4.78 is 0. The summed E-state index contributed by atoms with van der Waals surface area (Å²) in [5.41, 5.74) is -0.384. The van der Waals surface area contributed by atoms with E-state index in [4.69, 9.17) is 0 Å². The number of hydrogen-bond donors (Lipinski definition) is 0. The molecule has 1 aliphatic carbocycles. The van der Waals surface area contributed by atoms with E-state index < -0.39 is 0 Å². The van der Waals surface area contributed by atoms with Crippen LogP contribution in [0.3, 0.4) is 0 Å². The minimum atomic E-state index is -0.332. The molecule has 0 saturated heterocycles. The highest BCUT2D eigenvalue weighted by atomic mass is 16.1. The second kappa shape index (κ2) is 2.33. The first kappa shape index (κ1) is 8.25. The Kier molecular flexibility index (Phi) is 1.75. The van der Waals surface area contributed by atoms with E-state index in [1.165, 1.54) is 0 Å². The lowest BCUT2D eigenvalue weighted by Gasteiger charge is -2.37. The van der Waals surface area contributed by atoms with E-state index in [1.807, 2.05) is 25.2 Å². The molecule has 0 aromatic carbocycles. The van der Waals surface area contributed by atoms with Gasteiger partial charge in [-0.25, -0.2) is 0 Å². The minimum absolute atomic E-state index is 0.0521. The fraction of sp³-hybridized carbons (Fsp3) is 0.500. The van der Waals surface area contributed by atoms with Crippen LogP contribution in [0.15, 0.2) is 24.3 Å². The van der Waals surface area contributed by atoms with Crippen molar-refractivity contribution in [2.75, 3.05) is 0 Å². The lowest BCUT2D eigenvalue weighted by atomic mass is 9.65. The van der Waals surface area contributed by atoms with E-state index in [1.54, 1.807) is 0 Å². The van der Waals surface area contributed by atoms with Crippen LogP contribution in [0, 0.1) is 10.8 Å². The van der Waals surface area contributed by atoms with Crippen molar-refractivity contribution in [2.45, 2.75) is 20.8 Å². The molecule has 0 spiro atoms. The number of allylic oxidation sites excluding steroid dienone is 4. The van der Waals surface area contributed by atoms with Crippen molar-refractivity contribution in [3.8, 4) is 0 Å². The van der Waals surface area contributed by atoms with Crippen LogP contribution in [0.5, 0.6) is 0 Å². The summed E-state index contributed by atoms with van der Waals surface area (Å²) in [6.07, 6.45) is 8.97. The summed E-state index contributed by atoms with van der Waals surface area (Å²) in [4.78, 5) is 10.8. The maximum Gasteiger partial charge on any atom is 0.130 e. The Hall–Kier alpha value is -0.850. The maximum absolute atomic E-state index is 10.8. The Morgan fingerprint density at radius 2 is 1.64 bits per heavy atom. The van der Waals surface area contributed by atoms with Crippen molar-refractivity contribution in [3.63, 3.8) is 0 Å².